The molecule has 2 N–H and O–H groups in total. The molecule has 4 heterocycles. The Hall–Kier alpha value is -7.12. The molecule has 0 bridgehead atoms. The number of carbonyl (C=O) groups excluding carboxylic acids is 5. The van der Waals surface area contributed by atoms with Gasteiger partial charge in [-0.2, -0.15) is 5.06 Å². The van der Waals surface area contributed by atoms with Crippen molar-refractivity contribution < 1.29 is 43.9 Å². The van der Waals surface area contributed by atoms with E-state index < -0.39 is 35.6 Å². The number of fused-ring (bicyclic) bond motifs is 2. The van der Waals surface area contributed by atoms with Crippen molar-refractivity contribution >= 4 is 57.1 Å². The lowest BCUT2D eigenvalue weighted by molar-refractivity contribution is -0.197. The Morgan fingerprint density at radius 2 is 0.964 bits per heavy atom. The Bertz CT molecular complexity index is 2390. The van der Waals surface area contributed by atoms with Gasteiger partial charge in [0.05, 0.1) is 24.2 Å². The highest BCUT2D eigenvalue weighted by Gasteiger charge is 2.33. The molecule has 0 spiro atoms. The Labute approximate surface area is 314 Å². The van der Waals surface area contributed by atoms with Crippen molar-refractivity contribution in [3.63, 3.8) is 0 Å². The lowest BCUT2D eigenvalue weighted by Gasteiger charge is -2.15. The number of aliphatic carboxylic acids is 1. The summed E-state index contributed by atoms with van der Waals surface area (Å²) in [7, 11) is 0. The third-order valence-electron chi connectivity index (χ3n) is 8.74. The summed E-state index contributed by atoms with van der Waals surface area (Å²) in [6.07, 6.45) is 3.65. The summed E-state index contributed by atoms with van der Waals surface area (Å²) < 4.78 is 0. The summed E-state index contributed by atoms with van der Waals surface area (Å²) in [5.41, 5.74) is 4.80. The van der Waals surface area contributed by atoms with Gasteiger partial charge in [-0.25, -0.2) is 4.79 Å². The summed E-state index contributed by atoms with van der Waals surface area (Å²) in [5, 5.41) is 22.2. The summed E-state index contributed by atoms with van der Waals surface area (Å²) in [6, 6.07) is 35.1. The van der Waals surface area contributed by atoms with Crippen LogP contribution in [0.1, 0.15) is 37.1 Å². The minimum atomic E-state index is -0.870. The highest BCUT2D eigenvalue weighted by atomic mass is 16.7. The number of amides is 4. The molecule has 13 nitrogen and oxygen atoms in total. The zero-order valence-electron chi connectivity index (χ0n) is 29.3. The number of hydrogen-bond acceptors (Lipinski definition) is 10. The average molecular weight is 739 g/mol. The number of carbonyl (C=O) groups is 6. The van der Waals surface area contributed by atoms with Crippen LogP contribution in [0.4, 0.5) is 0 Å². The van der Waals surface area contributed by atoms with Gasteiger partial charge in [-0.05, 0) is 21.9 Å². The van der Waals surface area contributed by atoms with E-state index in [1.807, 2.05) is 109 Å². The van der Waals surface area contributed by atoms with Crippen molar-refractivity contribution in [1.29, 1.82) is 0 Å². The van der Waals surface area contributed by atoms with Crippen LogP contribution in [-0.2, 0) is 46.4 Å². The number of pyridine rings is 2. The Balaban J connectivity index is 0.000000160. The van der Waals surface area contributed by atoms with Crippen molar-refractivity contribution in [3.8, 4) is 22.3 Å². The molecule has 2 saturated heterocycles. The molecule has 0 saturated carbocycles. The SMILES string of the molecule is O=C(Cc1ncc2ccccc2c1-c1ccccc1)ON1C(=O)CCC1=O.O=C(O)Cc1ncc2ccccc2c1-c1ccccc1.O=C1CCC(=O)N1O. The van der Waals surface area contributed by atoms with E-state index in [1.165, 1.54) is 0 Å². The molecule has 4 amide bonds. The first-order valence-electron chi connectivity index (χ1n) is 17.3. The molecule has 0 unspecified atom stereocenters. The van der Waals surface area contributed by atoms with E-state index in [9.17, 15) is 28.8 Å². The second-order valence-electron chi connectivity index (χ2n) is 12.5. The number of aromatic nitrogens is 2. The topological polar surface area (TPSA) is 184 Å². The van der Waals surface area contributed by atoms with E-state index >= 15 is 0 Å². The maximum absolute atomic E-state index is 12.4. The molecule has 276 valence electrons. The zero-order chi connectivity index (χ0) is 38.9. The fourth-order valence-electron chi connectivity index (χ4n) is 6.17. The molecule has 55 heavy (non-hydrogen) atoms. The number of carboxylic acids is 1. The fourth-order valence-corrected chi connectivity index (χ4v) is 6.17. The van der Waals surface area contributed by atoms with Gasteiger partial charge in [-0.15, -0.1) is 5.06 Å². The molecule has 4 aromatic carbocycles. The number of carboxylic acid groups (broad SMARTS) is 1. The van der Waals surface area contributed by atoms with Crippen molar-refractivity contribution in [2.45, 2.75) is 38.5 Å². The van der Waals surface area contributed by atoms with Gasteiger partial charge in [0.25, 0.3) is 23.6 Å². The molecule has 0 radical (unpaired) electrons. The number of hydroxylamine groups is 4. The van der Waals surface area contributed by atoms with Crippen LogP contribution in [0.3, 0.4) is 0 Å². The number of benzene rings is 4. The summed E-state index contributed by atoms with van der Waals surface area (Å²) in [4.78, 5) is 81.0. The summed E-state index contributed by atoms with van der Waals surface area (Å²) in [6.45, 7) is 0. The van der Waals surface area contributed by atoms with Crippen LogP contribution < -0.4 is 0 Å². The molecule has 2 aliphatic rings. The maximum Gasteiger partial charge on any atom is 0.339 e. The normalized spacial score (nSPS) is 13.7. The lowest BCUT2D eigenvalue weighted by atomic mass is 9.96. The zero-order valence-corrected chi connectivity index (χ0v) is 29.3. The Morgan fingerprint density at radius 1 is 0.564 bits per heavy atom. The summed E-state index contributed by atoms with van der Waals surface area (Å²) >= 11 is 0. The number of rotatable bonds is 7. The first kappa shape index (κ1) is 37.6. The van der Waals surface area contributed by atoms with Crippen LogP contribution in [0.2, 0.25) is 0 Å². The number of hydrogen-bond donors (Lipinski definition) is 2. The van der Waals surface area contributed by atoms with Gasteiger partial charge in [-0.3, -0.25) is 39.1 Å². The third kappa shape index (κ3) is 8.92. The minimum Gasteiger partial charge on any atom is -0.481 e. The first-order chi connectivity index (χ1) is 26.6. The Kier molecular flexibility index (Phi) is 11.7. The first-order valence-corrected chi connectivity index (χ1v) is 17.3. The predicted molar refractivity (Wildman–Crippen MR) is 199 cm³/mol. The second kappa shape index (κ2) is 17.1. The minimum absolute atomic E-state index is 0.0651. The highest BCUT2D eigenvalue weighted by Crippen LogP contribution is 2.32. The molecule has 0 aliphatic carbocycles. The molecule has 0 atom stereocenters. The van der Waals surface area contributed by atoms with E-state index in [0.717, 1.165) is 43.8 Å². The van der Waals surface area contributed by atoms with Gasteiger partial charge in [0, 0.05) is 60.0 Å². The molecular formula is C42H34N4O9. The number of nitrogens with zero attached hydrogens (tertiary/aromatic N) is 4. The number of imide groups is 2. The smallest absolute Gasteiger partial charge is 0.339 e. The van der Waals surface area contributed by atoms with Crippen LogP contribution in [0, 0.1) is 0 Å². The molecule has 6 aromatic rings. The van der Waals surface area contributed by atoms with E-state index in [-0.39, 0.29) is 43.6 Å². The van der Waals surface area contributed by atoms with Crippen LogP contribution >= 0.6 is 0 Å². The van der Waals surface area contributed by atoms with Gasteiger partial charge in [-0.1, -0.05) is 109 Å². The fraction of sp³-hybridized carbons (Fsp3) is 0.143. The molecular weight excluding hydrogens is 704 g/mol. The van der Waals surface area contributed by atoms with Crippen molar-refractivity contribution in [2.75, 3.05) is 0 Å². The van der Waals surface area contributed by atoms with E-state index in [0.29, 0.717) is 16.5 Å². The van der Waals surface area contributed by atoms with Crippen LogP contribution in [0.15, 0.2) is 122 Å². The molecule has 2 fully saturated rings. The van der Waals surface area contributed by atoms with Gasteiger partial charge in [0.1, 0.15) is 0 Å². The lowest BCUT2D eigenvalue weighted by Crippen LogP contribution is -2.32. The molecule has 13 heteroatoms. The van der Waals surface area contributed by atoms with Crippen molar-refractivity contribution in [1.82, 2.24) is 20.1 Å². The molecule has 2 aliphatic heterocycles. The quantitative estimate of drug-likeness (QED) is 0.142. The van der Waals surface area contributed by atoms with Crippen LogP contribution in [0.25, 0.3) is 43.8 Å². The monoisotopic (exact) mass is 738 g/mol. The highest BCUT2D eigenvalue weighted by molar-refractivity contribution is 6.03. The second-order valence-corrected chi connectivity index (χ2v) is 12.5. The maximum atomic E-state index is 12.4. The van der Waals surface area contributed by atoms with E-state index in [1.54, 1.807) is 12.4 Å². The predicted octanol–water partition coefficient (Wildman–Crippen LogP) is 6.11. The van der Waals surface area contributed by atoms with Gasteiger partial charge in [0.2, 0.25) is 0 Å². The van der Waals surface area contributed by atoms with Crippen LogP contribution in [-0.4, -0.2) is 66.0 Å². The molecule has 8 rings (SSSR count). The largest absolute Gasteiger partial charge is 0.481 e. The van der Waals surface area contributed by atoms with Crippen LogP contribution in [0.5, 0.6) is 0 Å². The molecule has 2 aromatic heterocycles. The van der Waals surface area contributed by atoms with Gasteiger partial charge < -0.3 is 9.94 Å². The van der Waals surface area contributed by atoms with Gasteiger partial charge in [0.15, 0.2) is 0 Å². The standard InChI is InChI=1S/C21H16N2O4.C17H13NO2.C4H5NO3/c24-18-10-11-19(25)23(18)27-20(26)12-17-21(14-6-2-1-3-7-14)16-9-5-4-8-15(16)13-22-17;19-16(20)10-15-17(12-6-2-1-3-7-12)14-9-5-4-8-13(14)11-18-15;6-3-1-2-4(7)5(3)8/h1-9,13H,10-12H2;1-9,11H,10H2,(H,19,20);8H,1-2H2. The van der Waals surface area contributed by atoms with Crippen molar-refractivity contribution in [3.05, 3.63) is 133 Å². The third-order valence-corrected chi connectivity index (χ3v) is 8.74. The Morgan fingerprint density at radius 3 is 1.38 bits per heavy atom. The van der Waals surface area contributed by atoms with E-state index in [4.69, 9.17) is 15.2 Å². The van der Waals surface area contributed by atoms with Crippen molar-refractivity contribution in [2.24, 2.45) is 0 Å². The van der Waals surface area contributed by atoms with Gasteiger partial charge >= 0.3 is 11.9 Å². The average Bonchev–Trinajstić information content (AvgIpc) is 3.68. The summed E-state index contributed by atoms with van der Waals surface area (Å²) in [5.74, 6) is -3.57. The van der Waals surface area contributed by atoms with E-state index in [2.05, 4.69) is 9.97 Å².